The number of nitrogens with one attached hydrogen (secondary N) is 1. The van der Waals surface area contributed by atoms with Crippen LogP contribution in [0.2, 0.25) is 10.0 Å². The second-order valence-corrected chi connectivity index (χ2v) is 7.67. The number of morpholine rings is 1. The summed E-state index contributed by atoms with van der Waals surface area (Å²) >= 11 is 12.0. The minimum Gasteiger partial charge on any atom is -0.444 e. The third-order valence-electron chi connectivity index (χ3n) is 3.49. The van der Waals surface area contributed by atoms with E-state index in [1.54, 1.807) is 6.07 Å². The third kappa shape index (κ3) is 6.48. The van der Waals surface area contributed by atoms with Crippen LogP contribution in [-0.4, -0.2) is 48.9 Å². The van der Waals surface area contributed by atoms with E-state index in [-0.39, 0.29) is 6.10 Å². The van der Waals surface area contributed by atoms with Crippen LogP contribution in [0.15, 0.2) is 18.2 Å². The predicted molar refractivity (Wildman–Crippen MR) is 95.7 cm³/mol. The molecule has 0 spiro atoms. The normalized spacial score (nSPS) is 19.1. The number of carbonyl (C=O) groups is 1. The number of benzene rings is 1. The molecule has 0 unspecified atom stereocenters. The zero-order valence-corrected chi connectivity index (χ0v) is 15.8. The molecule has 0 aliphatic carbocycles. The standard InChI is InChI=1S/C17H24Cl2N2O3/c1-17(2,3)24-16(22)20-9-13-11-21(6-7-23-13)10-12-4-5-14(18)15(19)8-12/h4-5,8,13H,6-7,9-11H2,1-3H3,(H,20,22)/t13-/m0/s1. The van der Waals surface area contributed by atoms with Crippen LogP contribution >= 0.6 is 23.2 Å². The van der Waals surface area contributed by atoms with Crippen LogP contribution < -0.4 is 5.32 Å². The molecule has 1 aliphatic rings. The van der Waals surface area contributed by atoms with Gasteiger partial charge in [0.05, 0.1) is 22.8 Å². The Morgan fingerprint density at radius 2 is 2.12 bits per heavy atom. The summed E-state index contributed by atoms with van der Waals surface area (Å²) in [5.74, 6) is 0. The van der Waals surface area contributed by atoms with E-state index in [0.29, 0.717) is 23.2 Å². The second kappa shape index (κ2) is 8.39. The Morgan fingerprint density at radius 1 is 1.38 bits per heavy atom. The van der Waals surface area contributed by atoms with Crippen molar-refractivity contribution >= 4 is 29.3 Å². The molecule has 1 aliphatic heterocycles. The summed E-state index contributed by atoms with van der Waals surface area (Å²) < 4.78 is 10.9. The van der Waals surface area contributed by atoms with E-state index in [1.165, 1.54) is 0 Å². The number of carbonyl (C=O) groups excluding carboxylic acids is 1. The molecule has 1 amide bonds. The van der Waals surface area contributed by atoms with Gasteiger partial charge < -0.3 is 14.8 Å². The number of rotatable bonds is 4. The fraction of sp³-hybridized carbons (Fsp3) is 0.588. The molecule has 0 aromatic heterocycles. The Bertz CT molecular complexity index is 575. The van der Waals surface area contributed by atoms with Gasteiger partial charge in [-0.1, -0.05) is 29.3 Å². The van der Waals surface area contributed by atoms with Crippen LogP contribution in [0, 0.1) is 0 Å². The lowest BCUT2D eigenvalue weighted by atomic mass is 10.2. The molecule has 1 aromatic rings. The van der Waals surface area contributed by atoms with Crippen LogP contribution in [0.4, 0.5) is 4.79 Å². The SMILES string of the molecule is CC(C)(C)OC(=O)NC[C@H]1CN(Cc2ccc(Cl)c(Cl)c2)CCO1. The van der Waals surface area contributed by atoms with Crippen molar-refractivity contribution in [3.05, 3.63) is 33.8 Å². The Kier molecular flexibility index (Phi) is 6.75. The number of hydrogen-bond donors (Lipinski definition) is 1. The van der Waals surface area contributed by atoms with Gasteiger partial charge in [-0.2, -0.15) is 0 Å². The van der Waals surface area contributed by atoms with Crippen molar-refractivity contribution in [3.8, 4) is 0 Å². The van der Waals surface area contributed by atoms with Gasteiger partial charge in [0.25, 0.3) is 0 Å². The zero-order chi connectivity index (χ0) is 17.7. The second-order valence-electron chi connectivity index (χ2n) is 6.86. The topological polar surface area (TPSA) is 50.8 Å². The average Bonchev–Trinajstić information content (AvgIpc) is 2.48. The Labute approximate surface area is 153 Å². The lowest BCUT2D eigenvalue weighted by Gasteiger charge is -2.33. The van der Waals surface area contributed by atoms with E-state index < -0.39 is 11.7 Å². The lowest BCUT2D eigenvalue weighted by molar-refractivity contribution is -0.0313. The van der Waals surface area contributed by atoms with E-state index in [2.05, 4.69) is 10.2 Å². The molecule has 1 fully saturated rings. The molecule has 1 aromatic carbocycles. The maximum Gasteiger partial charge on any atom is 0.407 e. The van der Waals surface area contributed by atoms with Gasteiger partial charge >= 0.3 is 6.09 Å². The van der Waals surface area contributed by atoms with Gasteiger partial charge in [0.1, 0.15) is 5.60 Å². The minimum atomic E-state index is -0.503. The highest BCUT2D eigenvalue weighted by molar-refractivity contribution is 6.42. The molecule has 0 saturated carbocycles. The van der Waals surface area contributed by atoms with Crippen molar-refractivity contribution in [1.82, 2.24) is 10.2 Å². The fourth-order valence-electron chi connectivity index (χ4n) is 2.46. The minimum absolute atomic E-state index is 0.0611. The molecule has 24 heavy (non-hydrogen) atoms. The maximum absolute atomic E-state index is 11.7. The van der Waals surface area contributed by atoms with Gasteiger partial charge in [-0.15, -0.1) is 0 Å². The van der Waals surface area contributed by atoms with Gasteiger partial charge in [0.2, 0.25) is 0 Å². The van der Waals surface area contributed by atoms with Gasteiger partial charge in [-0.25, -0.2) is 4.79 Å². The van der Waals surface area contributed by atoms with E-state index >= 15 is 0 Å². The van der Waals surface area contributed by atoms with Gasteiger partial charge in [-0.3, -0.25) is 4.90 Å². The average molecular weight is 375 g/mol. The Balaban J connectivity index is 1.81. The number of hydrogen-bond acceptors (Lipinski definition) is 4. The van der Waals surface area contributed by atoms with Crippen molar-refractivity contribution in [3.63, 3.8) is 0 Å². The van der Waals surface area contributed by atoms with Gasteiger partial charge in [-0.05, 0) is 38.5 Å². The summed E-state index contributed by atoms with van der Waals surface area (Å²) in [6, 6.07) is 5.66. The summed E-state index contributed by atoms with van der Waals surface area (Å²) in [5.41, 5.74) is 0.599. The van der Waals surface area contributed by atoms with Crippen molar-refractivity contribution in [2.24, 2.45) is 0 Å². The largest absolute Gasteiger partial charge is 0.444 e. The molecule has 0 bridgehead atoms. The van der Waals surface area contributed by atoms with Crippen molar-refractivity contribution < 1.29 is 14.3 Å². The maximum atomic E-state index is 11.7. The van der Waals surface area contributed by atoms with Crippen LogP contribution in [0.5, 0.6) is 0 Å². The number of ether oxygens (including phenoxy) is 2. The van der Waals surface area contributed by atoms with Crippen LogP contribution in [-0.2, 0) is 16.0 Å². The zero-order valence-electron chi connectivity index (χ0n) is 14.3. The van der Waals surface area contributed by atoms with Crippen molar-refractivity contribution in [1.29, 1.82) is 0 Å². The fourth-order valence-corrected chi connectivity index (χ4v) is 2.78. The first-order valence-electron chi connectivity index (χ1n) is 7.98. The molecular formula is C17H24Cl2N2O3. The highest BCUT2D eigenvalue weighted by Crippen LogP contribution is 2.23. The quantitative estimate of drug-likeness (QED) is 0.872. The van der Waals surface area contributed by atoms with E-state index in [4.69, 9.17) is 32.7 Å². The predicted octanol–water partition coefficient (Wildman–Crippen LogP) is 3.72. The Hall–Kier alpha value is -1.01. The smallest absolute Gasteiger partial charge is 0.407 e. The van der Waals surface area contributed by atoms with Crippen molar-refractivity contribution in [2.45, 2.75) is 39.0 Å². The molecule has 1 N–H and O–H groups in total. The summed E-state index contributed by atoms with van der Waals surface area (Å²) in [6.45, 7) is 8.89. The highest BCUT2D eigenvalue weighted by Gasteiger charge is 2.22. The first-order valence-corrected chi connectivity index (χ1v) is 8.73. The van der Waals surface area contributed by atoms with E-state index in [0.717, 1.165) is 25.2 Å². The van der Waals surface area contributed by atoms with Crippen molar-refractivity contribution in [2.75, 3.05) is 26.2 Å². The molecule has 134 valence electrons. The highest BCUT2D eigenvalue weighted by atomic mass is 35.5. The van der Waals surface area contributed by atoms with E-state index in [1.807, 2.05) is 32.9 Å². The van der Waals surface area contributed by atoms with E-state index in [9.17, 15) is 4.79 Å². The molecule has 5 nitrogen and oxygen atoms in total. The molecule has 1 atom stereocenters. The summed E-state index contributed by atoms with van der Waals surface area (Å²) in [5, 5.41) is 3.88. The summed E-state index contributed by atoms with van der Waals surface area (Å²) in [4.78, 5) is 14.0. The van der Waals surface area contributed by atoms with Crippen LogP contribution in [0.1, 0.15) is 26.3 Å². The third-order valence-corrected chi connectivity index (χ3v) is 4.23. The Morgan fingerprint density at radius 3 is 2.79 bits per heavy atom. The van der Waals surface area contributed by atoms with Crippen LogP contribution in [0.3, 0.4) is 0 Å². The molecular weight excluding hydrogens is 351 g/mol. The summed E-state index contributed by atoms with van der Waals surface area (Å²) in [7, 11) is 0. The number of nitrogens with zero attached hydrogens (tertiary/aromatic N) is 1. The monoisotopic (exact) mass is 374 g/mol. The molecule has 0 radical (unpaired) electrons. The number of amides is 1. The molecule has 1 saturated heterocycles. The molecule has 1 heterocycles. The first kappa shape index (κ1) is 19.3. The summed E-state index contributed by atoms with van der Waals surface area (Å²) in [6.07, 6.45) is -0.484. The first-order chi connectivity index (χ1) is 11.2. The molecule has 2 rings (SSSR count). The lowest BCUT2D eigenvalue weighted by Crippen LogP contribution is -2.47. The number of halogens is 2. The van der Waals surface area contributed by atoms with Crippen LogP contribution in [0.25, 0.3) is 0 Å². The number of alkyl carbamates (subject to hydrolysis) is 1. The van der Waals surface area contributed by atoms with Gasteiger partial charge in [0, 0.05) is 26.2 Å². The molecule has 7 heteroatoms. The van der Waals surface area contributed by atoms with Gasteiger partial charge in [0.15, 0.2) is 0 Å².